The molecule has 0 aliphatic carbocycles. The Bertz CT molecular complexity index is 372. The van der Waals surface area contributed by atoms with E-state index >= 15 is 0 Å². The lowest BCUT2D eigenvalue weighted by Gasteiger charge is -2.09. The lowest BCUT2D eigenvalue weighted by Crippen LogP contribution is -2.19. The zero-order valence-electron chi connectivity index (χ0n) is 8.51. The molecule has 0 aliphatic rings. The maximum atomic E-state index is 11.1. The van der Waals surface area contributed by atoms with Crippen molar-refractivity contribution in [3.8, 4) is 0 Å². The van der Waals surface area contributed by atoms with Crippen LogP contribution < -0.4 is 0 Å². The molecule has 0 saturated carbocycles. The summed E-state index contributed by atoms with van der Waals surface area (Å²) in [6.45, 7) is 1.73. The molecule has 0 saturated heterocycles. The van der Waals surface area contributed by atoms with Crippen molar-refractivity contribution in [2.45, 2.75) is 19.4 Å². The molecule has 1 unspecified atom stereocenters. The number of aliphatic carboxylic acids is 1. The van der Waals surface area contributed by atoms with Crippen molar-refractivity contribution in [3.05, 3.63) is 18.0 Å². The summed E-state index contributed by atoms with van der Waals surface area (Å²) < 4.78 is 5.71. The number of hydrogen-bond acceptors (Lipinski definition) is 4. The molecule has 6 nitrogen and oxygen atoms in total. The van der Waals surface area contributed by atoms with Crippen LogP contribution in [0.3, 0.4) is 0 Å². The molecule has 0 amide bonds. The molecule has 1 aromatic rings. The average molecular weight is 212 g/mol. The number of carboxylic acids is 1. The lowest BCUT2D eigenvalue weighted by atomic mass is 10.2. The molecule has 0 aliphatic heterocycles. The molecule has 1 N–H and O–H groups in total. The maximum Gasteiger partial charge on any atom is 0.358 e. The van der Waals surface area contributed by atoms with Crippen LogP contribution in [0.25, 0.3) is 0 Å². The number of hydrogen-bond donors (Lipinski definition) is 1. The van der Waals surface area contributed by atoms with Crippen molar-refractivity contribution in [2.24, 2.45) is 0 Å². The van der Waals surface area contributed by atoms with Gasteiger partial charge in [-0.15, -0.1) is 0 Å². The SMILES string of the molecule is CCC(C(=O)O)n1ccc(C(=O)OC)n1. The molecule has 0 spiro atoms. The largest absolute Gasteiger partial charge is 0.480 e. The first-order chi connectivity index (χ1) is 7.10. The van der Waals surface area contributed by atoms with Crippen molar-refractivity contribution in [2.75, 3.05) is 7.11 Å². The minimum Gasteiger partial charge on any atom is -0.480 e. The van der Waals surface area contributed by atoms with E-state index in [1.165, 1.54) is 24.1 Å². The Kier molecular flexibility index (Phi) is 3.43. The molecular weight excluding hydrogens is 200 g/mol. The van der Waals surface area contributed by atoms with Gasteiger partial charge >= 0.3 is 11.9 Å². The Morgan fingerprint density at radius 1 is 1.67 bits per heavy atom. The highest BCUT2D eigenvalue weighted by Crippen LogP contribution is 2.11. The molecule has 1 heterocycles. The second-order valence-electron chi connectivity index (χ2n) is 2.93. The summed E-state index contributed by atoms with van der Waals surface area (Å²) >= 11 is 0. The second-order valence-corrected chi connectivity index (χ2v) is 2.93. The van der Waals surface area contributed by atoms with Crippen LogP contribution in [0.15, 0.2) is 12.3 Å². The lowest BCUT2D eigenvalue weighted by molar-refractivity contribution is -0.141. The third-order valence-corrected chi connectivity index (χ3v) is 1.99. The zero-order chi connectivity index (χ0) is 11.4. The standard InChI is InChI=1S/C9H12N2O4/c1-3-7(8(12)13)11-5-4-6(10-11)9(14)15-2/h4-5,7H,3H2,1-2H3,(H,12,13). The number of nitrogens with zero attached hydrogens (tertiary/aromatic N) is 2. The highest BCUT2D eigenvalue weighted by atomic mass is 16.5. The van der Waals surface area contributed by atoms with E-state index in [-0.39, 0.29) is 5.69 Å². The van der Waals surface area contributed by atoms with Crippen LogP contribution in [-0.2, 0) is 9.53 Å². The highest BCUT2D eigenvalue weighted by molar-refractivity contribution is 5.87. The topological polar surface area (TPSA) is 81.4 Å². The molecule has 6 heteroatoms. The van der Waals surface area contributed by atoms with Crippen LogP contribution >= 0.6 is 0 Å². The number of ether oxygens (including phenoxy) is 1. The number of aromatic nitrogens is 2. The van der Waals surface area contributed by atoms with E-state index < -0.39 is 18.0 Å². The van der Waals surface area contributed by atoms with Crippen molar-refractivity contribution < 1.29 is 19.4 Å². The molecule has 0 aromatic carbocycles. The van der Waals surface area contributed by atoms with Gasteiger partial charge in [0.1, 0.15) is 6.04 Å². The Labute approximate surface area is 86.5 Å². The summed E-state index contributed by atoms with van der Waals surface area (Å²) in [5, 5.41) is 12.7. The maximum absolute atomic E-state index is 11.1. The van der Waals surface area contributed by atoms with E-state index in [0.29, 0.717) is 6.42 Å². The van der Waals surface area contributed by atoms with Gasteiger partial charge in [-0.05, 0) is 12.5 Å². The van der Waals surface area contributed by atoms with Crippen molar-refractivity contribution in [3.63, 3.8) is 0 Å². The number of carbonyl (C=O) groups is 2. The molecule has 0 radical (unpaired) electrons. The van der Waals surface area contributed by atoms with E-state index in [1.54, 1.807) is 6.92 Å². The number of carboxylic acid groups (broad SMARTS) is 1. The summed E-state index contributed by atoms with van der Waals surface area (Å²) in [6.07, 6.45) is 1.85. The molecule has 1 atom stereocenters. The third kappa shape index (κ3) is 2.34. The van der Waals surface area contributed by atoms with E-state index in [0.717, 1.165) is 0 Å². The van der Waals surface area contributed by atoms with Crippen molar-refractivity contribution in [1.82, 2.24) is 9.78 Å². The van der Waals surface area contributed by atoms with Gasteiger partial charge in [-0.25, -0.2) is 9.59 Å². The second kappa shape index (κ2) is 4.59. The number of methoxy groups -OCH3 is 1. The Morgan fingerprint density at radius 3 is 2.80 bits per heavy atom. The summed E-state index contributed by atoms with van der Waals surface area (Å²) in [7, 11) is 1.25. The van der Waals surface area contributed by atoms with Gasteiger partial charge in [-0.1, -0.05) is 6.92 Å². The molecule has 0 bridgehead atoms. The van der Waals surface area contributed by atoms with E-state index in [2.05, 4.69) is 9.84 Å². The summed E-state index contributed by atoms with van der Waals surface area (Å²) in [5.74, 6) is -1.55. The predicted octanol–water partition coefficient (Wildman–Crippen LogP) is 0.705. The van der Waals surface area contributed by atoms with Crippen LogP contribution in [0.2, 0.25) is 0 Å². The fourth-order valence-corrected chi connectivity index (χ4v) is 1.20. The minimum atomic E-state index is -0.975. The third-order valence-electron chi connectivity index (χ3n) is 1.99. The monoisotopic (exact) mass is 212 g/mol. The number of esters is 1. The Balaban J connectivity index is 2.92. The van der Waals surface area contributed by atoms with E-state index in [1.807, 2.05) is 0 Å². The molecule has 82 valence electrons. The van der Waals surface area contributed by atoms with Crippen LogP contribution in [0.4, 0.5) is 0 Å². The first-order valence-electron chi connectivity index (χ1n) is 4.46. The average Bonchev–Trinajstić information content (AvgIpc) is 2.66. The van der Waals surface area contributed by atoms with Crippen molar-refractivity contribution >= 4 is 11.9 Å². The van der Waals surface area contributed by atoms with E-state index in [4.69, 9.17) is 5.11 Å². The van der Waals surface area contributed by atoms with Crippen LogP contribution in [0.1, 0.15) is 29.9 Å². The van der Waals surface area contributed by atoms with Gasteiger partial charge in [-0.3, -0.25) is 4.68 Å². The summed E-state index contributed by atoms with van der Waals surface area (Å²) in [5.41, 5.74) is 0.109. The van der Waals surface area contributed by atoms with Crippen LogP contribution in [0, 0.1) is 0 Å². The van der Waals surface area contributed by atoms with Crippen LogP contribution in [0.5, 0.6) is 0 Å². The Hall–Kier alpha value is -1.85. The highest BCUT2D eigenvalue weighted by Gasteiger charge is 2.19. The van der Waals surface area contributed by atoms with Gasteiger partial charge in [0.05, 0.1) is 7.11 Å². The minimum absolute atomic E-state index is 0.109. The number of carbonyl (C=O) groups excluding carboxylic acids is 1. The van der Waals surface area contributed by atoms with Gasteiger partial charge in [0, 0.05) is 6.20 Å². The normalized spacial score (nSPS) is 12.1. The predicted molar refractivity (Wildman–Crippen MR) is 50.5 cm³/mol. The fraction of sp³-hybridized carbons (Fsp3) is 0.444. The quantitative estimate of drug-likeness (QED) is 0.743. The van der Waals surface area contributed by atoms with Gasteiger partial charge in [-0.2, -0.15) is 5.10 Å². The van der Waals surface area contributed by atoms with Gasteiger partial charge < -0.3 is 9.84 Å². The smallest absolute Gasteiger partial charge is 0.358 e. The summed E-state index contributed by atoms with van der Waals surface area (Å²) in [4.78, 5) is 21.9. The molecular formula is C9H12N2O4. The van der Waals surface area contributed by atoms with E-state index in [9.17, 15) is 9.59 Å². The zero-order valence-corrected chi connectivity index (χ0v) is 8.51. The first kappa shape index (κ1) is 11.2. The molecule has 0 fully saturated rings. The Morgan fingerprint density at radius 2 is 2.33 bits per heavy atom. The first-order valence-corrected chi connectivity index (χ1v) is 4.46. The molecule has 1 rings (SSSR count). The fourth-order valence-electron chi connectivity index (χ4n) is 1.20. The molecule has 15 heavy (non-hydrogen) atoms. The van der Waals surface area contributed by atoms with Crippen molar-refractivity contribution in [1.29, 1.82) is 0 Å². The van der Waals surface area contributed by atoms with Crippen LogP contribution in [-0.4, -0.2) is 33.9 Å². The number of rotatable bonds is 4. The summed E-state index contributed by atoms with van der Waals surface area (Å²) in [6, 6.07) is 0.681. The molecule has 1 aromatic heterocycles. The van der Waals surface area contributed by atoms with Gasteiger partial charge in [0.2, 0.25) is 0 Å². The van der Waals surface area contributed by atoms with Gasteiger partial charge in [0.15, 0.2) is 5.69 Å². The van der Waals surface area contributed by atoms with Gasteiger partial charge in [0.25, 0.3) is 0 Å².